The fraction of sp³-hybridized carbons (Fsp3) is 0.562. The number of hydrogen-bond acceptors (Lipinski definition) is 3. The third kappa shape index (κ3) is 5.26. The molecule has 0 radical (unpaired) electrons. The van der Waals surface area contributed by atoms with Crippen molar-refractivity contribution in [3.05, 3.63) is 35.4 Å². The first-order chi connectivity index (χ1) is 8.87. The summed E-state index contributed by atoms with van der Waals surface area (Å²) in [6, 6.07) is 10.4. The van der Waals surface area contributed by atoms with Gasteiger partial charge in [-0.3, -0.25) is 4.72 Å². The molecule has 0 spiro atoms. The van der Waals surface area contributed by atoms with Gasteiger partial charge < -0.3 is 0 Å². The van der Waals surface area contributed by atoms with Gasteiger partial charge in [-0.25, -0.2) is 0 Å². The fourth-order valence-electron chi connectivity index (χ4n) is 1.75. The molecule has 1 N–H and O–H groups in total. The second-order valence-corrected chi connectivity index (χ2v) is 7.59. The molecule has 2 atom stereocenters. The Labute approximate surface area is 121 Å². The van der Waals surface area contributed by atoms with Gasteiger partial charge in [0.2, 0.25) is 0 Å². The zero-order valence-electron chi connectivity index (χ0n) is 12.5. The van der Waals surface area contributed by atoms with Gasteiger partial charge in [0.25, 0.3) is 0 Å². The summed E-state index contributed by atoms with van der Waals surface area (Å²) >= 11 is 1.78. The van der Waals surface area contributed by atoms with Crippen molar-refractivity contribution in [1.29, 1.82) is 5.26 Å². The standard InChI is InChI=1S/C16H24N2S/c1-6-12(2)15(18-19-16(3,4)5)14-9-7-13(11-17)8-10-14/h7-10,12,15,18H,6H2,1-5H3. The minimum atomic E-state index is 0.193. The van der Waals surface area contributed by atoms with E-state index in [-0.39, 0.29) is 4.75 Å². The summed E-state index contributed by atoms with van der Waals surface area (Å²) in [5.41, 5.74) is 1.97. The van der Waals surface area contributed by atoms with Crippen molar-refractivity contribution in [3.8, 4) is 6.07 Å². The van der Waals surface area contributed by atoms with Gasteiger partial charge in [-0.05, 0) is 44.4 Å². The monoisotopic (exact) mass is 276 g/mol. The van der Waals surface area contributed by atoms with Crippen LogP contribution in [0, 0.1) is 17.2 Å². The van der Waals surface area contributed by atoms with Crippen molar-refractivity contribution in [3.63, 3.8) is 0 Å². The summed E-state index contributed by atoms with van der Waals surface area (Å²) in [7, 11) is 0. The molecule has 0 bridgehead atoms. The molecule has 1 aromatic carbocycles. The van der Waals surface area contributed by atoms with Crippen LogP contribution in [-0.4, -0.2) is 4.75 Å². The molecule has 0 saturated heterocycles. The summed E-state index contributed by atoms with van der Waals surface area (Å²) in [5.74, 6) is 0.558. The lowest BCUT2D eigenvalue weighted by Crippen LogP contribution is -2.26. The van der Waals surface area contributed by atoms with Crippen molar-refractivity contribution in [1.82, 2.24) is 4.72 Å². The molecule has 0 saturated carbocycles. The molecule has 0 heterocycles. The summed E-state index contributed by atoms with van der Waals surface area (Å²) in [5, 5.41) is 8.86. The maximum atomic E-state index is 8.86. The SMILES string of the molecule is CCC(C)C(NSC(C)(C)C)c1ccc(C#N)cc1. The van der Waals surface area contributed by atoms with E-state index in [2.05, 4.69) is 57.5 Å². The first kappa shape index (κ1) is 16.1. The molecule has 1 aromatic rings. The summed E-state index contributed by atoms with van der Waals surface area (Å²) in [6.07, 6.45) is 1.13. The number of nitriles is 1. The third-order valence-corrected chi connectivity index (χ3v) is 4.09. The van der Waals surface area contributed by atoms with Crippen LogP contribution in [0.4, 0.5) is 0 Å². The Balaban J connectivity index is 2.87. The average molecular weight is 276 g/mol. The highest BCUT2D eigenvalue weighted by molar-refractivity contribution is 7.98. The number of nitrogens with one attached hydrogen (secondary N) is 1. The topological polar surface area (TPSA) is 35.8 Å². The molecule has 0 amide bonds. The second-order valence-electron chi connectivity index (χ2n) is 5.93. The van der Waals surface area contributed by atoms with E-state index in [9.17, 15) is 0 Å². The van der Waals surface area contributed by atoms with Gasteiger partial charge in [-0.15, -0.1) is 0 Å². The summed E-state index contributed by atoms with van der Waals surface area (Å²) in [6.45, 7) is 11.1. The molecule has 2 unspecified atom stereocenters. The van der Waals surface area contributed by atoms with E-state index >= 15 is 0 Å². The van der Waals surface area contributed by atoms with Gasteiger partial charge in [-0.2, -0.15) is 5.26 Å². The third-order valence-electron chi connectivity index (χ3n) is 3.10. The molecule has 0 aliphatic carbocycles. The molecule has 0 aromatic heterocycles. The Bertz CT molecular complexity index is 426. The lowest BCUT2D eigenvalue weighted by Gasteiger charge is -2.28. The minimum absolute atomic E-state index is 0.193. The predicted molar refractivity (Wildman–Crippen MR) is 83.8 cm³/mol. The van der Waals surface area contributed by atoms with Gasteiger partial charge in [0, 0.05) is 10.8 Å². The molecule has 0 aliphatic heterocycles. The molecule has 3 heteroatoms. The smallest absolute Gasteiger partial charge is 0.0991 e. The lowest BCUT2D eigenvalue weighted by atomic mass is 9.93. The largest absolute Gasteiger partial charge is 0.256 e. The molecule has 1 rings (SSSR count). The van der Waals surface area contributed by atoms with Crippen LogP contribution in [0.5, 0.6) is 0 Å². The molecule has 0 fully saturated rings. The fourth-order valence-corrected chi connectivity index (χ4v) is 2.60. The molecular weight excluding hydrogens is 252 g/mol. The van der Waals surface area contributed by atoms with E-state index in [1.54, 1.807) is 11.9 Å². The van der Waals surface area contributed by atoms with E-state index in [4.69, 9.17) is 5.26 Å². The molecule has 19 heavy (non-hydrogen) atoms. The highest BCUT2D eigenvalue weighted by Gasteiger charge is 2.21. The Hall–Kier alpha value is -0.980. The molecule has 2 nitrogen and oxygen atoms in total. The highest BCUT2D eigenvalue weighted by atomic mass is 32.2. The number of benzene rings is 1. The predicted octanol–water partition coefficient (Wildman–Crippen LogP) is 4.68. The number of hydrogen-bond donors (Lipinski definition) is 1. The summed E-state index contributed by atoms with van der Waals surface area (Å²) < 4.78 is 3.79. The maximum absolute atomic E-state index is 8.86. The zero-order chi connectivity index (χ0) is 14.5. The van der Waals surface area contributed by atoms with Crippen molar-refractivity contribution < 1.29 is 0 Å². The minimum Gasteiger partial charge on any atom is -0.256 e. The van der Waals surface area contributed by atoms with E-state index in [1.807, 2.05) is 12.1 Å². The zero-order valence-corrected chi connectivity index (χ0v) is 13.3. The van der Waals surface area contributed by atoms with Crippen LogP contribution < -0.4 is 4.72 Å². The van der Waals surface area contributed by atoms with Crippen molar-refractivity contribution in [2.75, 3.05) is 0 Å². The highest BCUT2D eigenvalue weighted by Crippen LogP contribution is 2.30. The second kappa shape index (κ2) is 6.98. The van der Waals surface area contributed by atoms with Gasteiger partial charge >= 0.3 is 0 Å². The van der Waals surface area contributed by atoms with Gasteiger partial charge in [0.05, 0.1) is 11.6 Å². The Morgan fingerprint density at radius 3 is 2.26 bits per heavy atom. The molecular formula is C16H24N2S. The Morgan fingerprint density at radius 2 is 1.84 bits per heavy atom. The maximum Gasteiger partial charge on any atom is 0.0991 e. The normalized spacial score (nSPS) is 14.7. The van der Waals surface area contributed by atoms with Gasteiger partial charge in [-0.1, -0.05) is 44.3 Å². The Morgan fingerprint density at radius 1 is 1.26 bits per heavy atom. The first-order valence-corrected chi connectivity index (χ1v) is 7.62. The van der Waals surface area contributed by atoms with Gasteiger partial charge in [0.1, 0.15) is 0 Å². The van der Waals surface area contributed by atoms with Crippen molar-refractivity contribution in [2.24, 2.45) is 5.92 Å². The number of nitrogens with zero attached hydrogens (tertiary/aromatic N) is 1. The average Bonchev–Trinajstić information content (AvgIpc) is 2.38. The van der Waals surface area contributed by atoms with Crippen LogP contribution in [0.15, 0.2) is 24.3 Å². The van der Waals surface area contributed by atoms with Crippen LogP contribution in [0.1, 0.15) is 58.2 Å². The van der Waals surface area contributed by atoms with Gasteiger partial charge in [0.15, 0.2) is 0 Å². The van der Waals surface area contributed by atoms with E-state index in [0.717, 1.165) is 12.0 Å². The van der Waals surface area contributed by atoms with Crippen LogP contribution in [0.25, 0.3) is 0 Å². The van der Waals surface area contributed by atoms with Crippen LogP contribution >= 0.6 is 11.9 Å². The first-order valence-electron chi connectivity index (χ1n) is 6.81. The molecule has 104 valence electrons. The van der Waals surface area contributed by atoms with Crippen LogP contribution in [0.3, 0.4) is 0 Å². The molecule has 0 aliphatic rings. The quantitative estimate of drug-likeness (QED) is 0.793. The van der Waals surface area contributed by atoms with E-state index < -0.39 is 0 Å². The van der Waals surface area contributed by atoms with Crippen molar-refractivity contribution in [2.45, 2.75) is 51.8 Å². The summed E-state index contributed by atoms with van der Waals surface area (Å²) in [4.78, 5) is 0. The van der Waals surface area contributed by atoms with E-state index in [0.29, 0.717) is 12.0 Å². The van der Waals surface area contributed by atoms with E-state index in [1.165, 1.54) is 5.56 Å². The number of rotatable bonds is 5. The Kier molecular flexibility index (Phi) is 5.90. The van der Waals surface area contributed by atoms with Crippen molar-refractivity contribution >= 4 is 11.9 Å². The van der Waals surface area contributed by atoms with Crippen LogP contribution in [-0.2, 0) is 0 Å². The lowest BCUT2D eigenvalue weighted by molar-refractivity contribution is 0.433. The van der Waals surface area contributed by atoms with Crippen LogP contribution in [0.2, 0.25) is 0 Å².